The van der Waals surface area contributed by atoms with E-state index in [2.05, 4.69) is 72.0 Å². The molecule has 3 aromatic carbocycles. The van der Waals surface area contributed by atoms with Crippen LogP contribution in [0.25, 0.3) is 21.7 Å². The minimum atomic E-state index is 0.774. The molecule has 0 spiro atoms. The van der Waals surface area contributed by atoms with E-state index in [1.807, 2.05) is 12.1 Å². The zero-order valence-corrected chi connectivity index (χ0v) is 12.2. The van der Waals surface area contributed by atoms with Gasteiger partial charge in [-0.05, 0) is 17.0 Å². The molecule has 0 saturated carbocycles. The summed E-state index contributed by atoms with van der Waals surface area (Å²) in [4.78, 5) is 4.81. The number of anilines is 1. The summed E-state index contributed by atoms with van der Waals surface area (Å²) in [6.07, 6.45) is 0. The minimum Gasteiger partial charge on any atom is -0.365 e. The normalized spacial score (nSPS) is 10.9. The molecule has 0 saturated heterocycles. The smallest absolute Gasteiger partial charge is 0.134 e. The van der Waals surface area contributed by atoms with E-state index in [9.17, 15) is 0 Å². The summed E-state index contributed by atoms with van der Waals surface area (Å²) in [5.41, 5.74) is 2.28. The van der Waals surface area contributed by atoms with E-state index < -0.39 is 0 Å². The second-order valence-electron chi connectivity index (χ2n) is 5.36. The molecule has 1 N–H and O–H groups in total. The topological polar surface area (TPSA) is 24.9 Å². The first-order valence-electron chi connectivity index (χ1n) is 7.47. The molecular weight excluding hydrogens is 268 g/mol. The van der Waals surface area contributed by atoms with Crippen LogP contribution in [0.4, 0.5) is 5.82 Å². The molecule has 22 heavy (non-hydrogen) atoms. The van der Waals surface area contributed by atoms with Crippen molar-refractivity contribution < 1.29 is 0 Å². The van der Waals surface area contributed by atoms with Gasteiger partial charge in [-0.25, -0.2) is 4.98 Å². The lowest BCUT2D eigenvalue weighted by molar-refractivity contribution is 1.13. The molecule has 0 radical (unpaired) electrons. The van der Waals surface area contributed by atoms with Crippen LogP contribution in [0.1, 0.15) is 5.56 Å². The molecule has 0 aliphatic heterocycles. The summed E-state index contributed by atoms with van der Waals surface area (Å²) >= 11 is 0. The van der Waals surface area contributed by atoms with Crippen LogP contribution in [0, 0.1) is 0 Å². The maximum absolute atomic E-state index is 4.81. The summed E-state index contributed by atoms with van der Waals surface area (Å²) in [5, 5.41) is 7.09. The number of para-hydroxylation sites is 1. The SMILES string of the molecule is c1ccc(CNc2nc3ccccc3c3ccccc23)cc1. The van der Waals surface area contributed by atoms with Crippen LogP contribution in [0.2, 0.25) is 0 Å². The fourth-order valence-electron chi connectivity index (χ4n) is 2.82. The van der Waals surface area contributed by atoms with Gasteiger partial charge in [-0.15, -0.1) is 0 Å². The third-order valence-electron chi connectivity index (χ3n) is 3.91. The zero-order chi connectivity index (χ0) is 14.8. The second-order valence-corrected chi connectivity index (χ2v) is 5.36. The van der Waals surface area contributed by atoms with E-state index in [-0.39, 0.29) is 0 Å². The van der Waals surface area contributed by atoms with Crippen molar-refractivity contribution in [1.29, 1.82) is 0 Å². The predicted molar refractivity (Wildman–Crippen MR) is 93.0 cm³/mol. The van der Waals surface area contributed by atoms with Crippen molar-refractivity contribution >= 4 is 27.5 Å². The van der Waals surface area contributed by atoms with Crippen LogP contribution in [0.3, 0.4) is 0 Å². The highest BCUT2D eigenvalue weighted by Crippen LogP contribution is 2.29. The van der Waals surface area contributed by atoms with Gasteiger partial charge < -0.3 is 5.32 Å². The molecule has 1 aromatic heterocycles. The van der Waals surface area contributed by atoms with Gasteiger partial charge in [0.05, 0.1) is 5.52 Å². The quantitative estimate of drug-likeness (QED) is 0.535. The van der Waals surface area contributed by atoms with Gasteiger partial charge in [0.15, 0.2) is 0 Å². The molecule has 0 unspecified atom stereocenters. The van der Waals surface area contributed by atoms with Gasteiger partial charge >= 0.3 is 0 Å². The molecule has 0 aliphatic rings. The predicted octanol–water partition coefficient (Wildman–Crippen LogP) is 5.00. The summed E-state index contributed by atoms with van der Waals surface area (Å²) in [6.45, 7) is 0.774. The van der Waals surface area contributed by atoms with E-state index in [1.165, 1.54) is 16.3 Å². The highest BCUT2D eigenvalue weighted by atomic mass is 15.0. The highest BCUT2D eigenvalue weighted by Gasteiger charge is 2.07. The van der Waals surface area contributed by atoms with Crippen molar-refractivity contribution in [2.24, 2.45) is 0 Å². The Morgan fingerprint density at radius 3 is 2.09 bits per heavy atom. The Morgan fingerprint density at radius 2 is 1.27 bits per heavy atom. The van der Waals surface area contributed by atoms with Crippen LogP contribution in [-0.4, -0.2) is 4.98 Å². The lowest BCUT2D eigenvalue weighted by Crippen LogP contribution is -2.02. The lowest BCUT2D eigenvalue weighted by atomic mass is 10.1. The van der Waals surface area contributed by atoms with E-state index in [4.69, 9.17) is 4.98 Å². The van der Waals surface area contributed by atoms with Gasteiger partial charge in [-0.3, -0.25) is 0 Å². The number of nitrogens with zero attached hydrogens (tertiary/aromatic N) is 1. The van der Waals surface area contributed by atoms with Crippen LogP contribution in [0.15, 0.2) is 78.9 Å². The first kappa shape index (κ1) is 12.8. The van der Waals surface area contributed by atoms with Crippen LogP contribution >= 0.6 is 0 Å². The Labute approximate surface area is 129 Å². The molecule has 0 amide bonds. The van der Waals surface area contributed by atoms with Gasteiger partial charge in [0.1, 0.15) is 5.82 Å². The molecular formula is C20H16N2. The molecule has 0 fully saturated rings. The highest BCUT2D eigenvalue weighted by molar-refractivity contribution is 6.09. The van der Waals surface area contributed by atoms with E-state index >= 15 is 0 Å². The third-order valence-corrected chi connectivity index (χ3v) is 3.91. The van der Waals surface area contributed by atoms with Gasteiger partial charge in [-0.1, -0.05) is 72.8 Å². The van der Waals surface area contributed by atoms with Crippen molar-refractivity contribution in [3.05, 3.63) is 84.4 Å². The first-order valence-corrected chi connectivity index (χ1v) is 7.47. The molecule has 106 valence electrons. The standard InChI is InChI=1S/C20H16N2/c1-2-8-15(9-3-1)14-21-20-18-12-5-4-10-16(18)17-11-6-7-13-19(17)22-20/h1-13H,14H2,(H,21,22). The molecule has 0 bridgehead atoms. The summed E-state index contributed by atoms with van der Waals surface area (Å²) in [7, 11) is 0. The number of fused-ring (bicyclic) bond motifs is 3. The summed E-state index contributed by atoms with van der Waals surface area (Å²) in [6, 6.07) is 27.1. The molecule has 0 atom stereocenters. The largest absolute Gasteiger partial charge is 0.365 e. The Hall–Kier alpha value is -2.87. The monoisotopic (exact) mass is 284 g/mol. The minimum absolute atomic E-state index is 0.774. The molecule has 2 nitrogen and oxygen atoms in total. The number of pyridine rings is 1. The number of rotatable bonds is 3. The lowest BCUT2D eigenvalue weighted by Gasteiger charge is -2.11. The average Bonchev–Trinajstić information content (AvgIpc) is 2.60. The van der Waals surface area contributed by atoms with Gasteiger partial charge in [-0.2, -0.15) is 0 Å². The fourth-order valence-corrected chi connectivity index (χ4v) is 2.82. The Morgan fingerprint density at radius 1 is 0.636 bits per heavy atom. The zero-order valence-electron chi connectivity index (χ0n) is 12.2. The van der Waals surface area contributed by atoms with Crippen molar-refractivity contribution in [3.63, 3.8) is 0 Å². The number of hydrogen-bond donors (Lipinski definition) is 1. The van der Waals surface area contributed by atoms with E-state index in [0.717, 1.165) is 23.3 Å². The van der Waals surface area contributed by atoms with Gasteiger partial charge in [0, 0.05) is 17.3 Å². The first-order chi connectivity index (χ1) is 10.9. The summed E-state index contributed by atoms with van der Waals surface area (Å²) in [5.74, 6) is 0.943. The molecule has 0 aliphatic carbocycles. The van der Waals surface area contributed by atoms with Crippen LogP contribution in [0.5, 0.6) is 0 Å². The molecule has 4 rings (SSSR count). The third kappa shape index (κ3) is 2.29. The number of benzene rings is 3. The van der Waals surface area contributed by atoms with Gasteiger partial charge in [0.2, 0.25) is 0 Å². The molecule has 2 heteroatoms. The van der Waals surface area contributed by atoms with E-state index in [0.29, 0.717) is 0 Å². The fraction of sp³-hybridized carbons (Fsp3) is 0.0500. The maximum atomic E-state index is 4.81. The molecule has 1 heterocycles. The van der Waals surface area contributed by atoms with Gasteiger partial charge in [0.25, 0.3) is 0 Å². The van der Waals surface area contributed by atoms with Crippen LogP contribution < -0.4 is 5.32 Å². The van der Waals surface area contributed by atoms with Crippen molar-refractivity contribution in [2.75, 3.05) is 5.32 Å². The number of aromatic nitrogens is 1. The van der Waals surface area contributed by atoms with E-state index in [1.54, 1.807) is 0 Å². The Bertz CT molecular complexity index is 930. The maximum Gasteiger partial charge on any atom is 0.134 e. The van der Waals surface area contributed by atoms with Crippen LogP contribution in [-0.2, 0) is 6.54 Å². The Balaban J connectivity index is 1.81. The van der Waals surface area contributed by atoms with Crippen molar-refractivity contribution in [2.45, 2.75) is 6.54 Å². The second kappa shape index (κ2) is 5.49. The van der Waals surface area contributed by atoms with Crippen molar-refractivity contribution in [3.8, 4) is 0 Å². The number of nitrogens with one attached hydrogen (secondary N) is 1. The van der Waals surface area contributed by atoms with Crippen molar-refractivity contribution in [1.82, 2.24) is 4.98 Å². The number of hydrogen-bond acceptors (Lipinski definition) is 2. The summed E-state index contributed by atoms with van der Waals surface area (Å²) < 4.78 is 0. The Kier molecular flexibility index (Phi) is 3.20. The average molecular weight is 284 g/mol. The molecule has 4 aromatic rings.